The Kier molecular flexibility index (Phi) is 6.33. The van der Waals surface area contributed by atoms with Crippen LogP contribution in [0.3, 0.4) is 0 Å². The van der Waals surface area contributed by atoms with Crippen LogP contribution in [0, 0.1) is 24.7 Å². The summed E-state index contributed by atoms with van der Waals surface area (Å²) in [6.07, 6.45) is 7.35. The summed E-state index contributed by atoms with van der Waals surface area (Å²) in [6, 6.07) is 4.74. The number of likely N-dealkylation sites (N-methyl/N-ethyl adjacent to an activating group) is 1. The number of allylic oxidation sites excluding steroid dienone is 1. The number of nitrogens with one attached hydrogen (secondary N) is 1. The summed E-state index contributed by atoms with van der Waals surface area (Å²) in [6.45, 7) is 14.5. The maximum absolute atomic E-state index is 4.32. The predicted octanol–water partition coefficient (Wildman–Crippen LogP) is 4.80. The molecule has 0 aromatic heterocycles. The van der Waals surface area contributed by atoms with E-state index in [1.165, 1.54) is 67.4 Å². The van der Waals surface area contributed by atoms with Crippen molar-refractivity contribution in [2.75, 3.05) is 26.7 Å². The van der Waals surface area contributed by atoms with Crippen LogP contribution in [0.15, 0.2) is 24.4 Å². The molecule has 2 fully saturated rings. The third-order valence-corrected chi connectivity index (χ3v) is 6.84. The Hall–Kier alpha value is -1.72. The topological polar surface area (TPSA) is 15.3 Å². The highest BCUT2D eigenvalue weighted by Crippen LogP contribution is 2.49. The van der Waals surface area contributed by atoms with Crippen molar-refractivity contribution in [3.05, 3.63) is 46.7 Å². The minimum absolute atomic E-state index is 0.124. The summed E-state index contributed by atoms with van der Waals surface area (Å²) in [5.41, 5.74) is 6.70. The Morgan fingerprint density at radius 3 is 2.56 bits per heavy atom. The second-order valence-corrected chi connectivity index (χ2v) is 8.60. The average Bonchev–Trinajstić information content (AvgIpc) is 2.63. The van der Waals surface area contributed by atoms with Gasteiger partial charge in [0.05, 0.1) is 6.54 Å². The minimum Gasteiger partial charge on any atom is -0.391 e. The molecule has 0 unspecified atom stereocenters. The third-order valence-electron chi connectivity index (χ3n) is 6.84. The van der Waals surface area contributed by atoms with Crippen LogP contribution in [0.4, 0.5) is 0 Å². The predicted molar refractivity (Wildman–Crippen MR) is 116 cm³/mol. The number of benzene rings is 1. The van der Waals surface area contributed by atoms with Gasteiger partial charge in [0.1, 0.15) is 0 Å². The molecule has 1 aromatic carbocycles. The van der Waals surface area contributed by atoms with Crippen LogP contribution in [-0.2, 0) is 11.8 Å². The van der Waals surface area contributed by atoms with Crippen molar-refractivity contribution in [2.24, 2.45) is 5.92 Å². The Balaban J connectivity index is 1.81. The first-order valence-electron chi connectivity index (χ1n) is 10.7. The van der Waals surface area contributed by atoms with Gasteiger partial charge in [-0.2, -0.15) is 0 Å². The standard InChI is InChI=1S/C25H36N2/c1-6-22-18-24(25(12-8-13-25)21(4)26-5)20(3)17-23(22)9-7-14-27-15-10-19(2)11-16-27/h17-19,26H,4,6,8,10-16H2,1-3,5H3. The van der Waals surface area contributed by atoms with E-state index in [9.17, 15) is 0 Å². The average molecular weight is 365 g/mol. The van der Waals surface area contributed by atoms with Crippen LogP contribution in [0.25, 0.3) is 0 Å². The summed E-state index contributed by atoms with van der Waals surface area (Å²) in [4.78, 5) is 2.50. The Bertz CT molecular complexity index is 738. The molecule has 27 heavy (non-hydrogen) atoms. The fourth-order valence-corrected chi connectivity index (χ4v) is 4.65. The van der Waals surface area contributed by atoms with Gasteiger partial charge in [-0.3, -0.25) is 4.90 Å². The summed E-state index contributed by atoms with van der Waals surface area (Å²) in [5.74, 6) is 7.82. The van der Waals surface area contributed by atoms with Gasteiger partial charge in [-0.05, 0) is 80.8 Å². The first kappa shape index (κ1) is 20.0. The molecule has 1 aromatic rings. The van der Waals surface area contributed by atoms with Crippen molar-refractivity contribution in [3.8, 4) is 11.8 Å². The lowest BCUT2D eigenvalue weighted by molar-refractivity contribution is 0.213. The zero-order chi connectivity index (χ0) is 19.4. The molecule has 1 aliphatic heterocycles. The molecular formula is C25H36N2. The first-order chi connectivity index (χ1) is 13.0. The fourth-order valence-electron chi connectivity index (χ4n) is 4.65. The van der Waals surface area contributed by atoms with E-state index in [0.717, 1.165) is 24.6 Å². The van der Waals surface area contributed by atoms with Crippen molar-refractivity contribution >= 4 is 0 Å². The summed E-state index contributed by atoms with van der Waals surface area (Å²) < 4.78 is 0. The monoisotopic (exact) mass is 364 g/mol. The van der Waals surface area contributed by atoms with Gasteiger partial charge < -0.3 is 5.32 Å². The van der Waals surface area contributed by atoms with E-state index < -0.39 is 0 Å². The van der Waals surface area contributed by atoms with Gasteiger partial charge in [0.2, 0.25) is 0 Å². The second-order valence-electron chi connectivity index (χ2n) is 8.60. The van der Waals surface area contributed by atoms with Crippen LogP contribution in [-0.4, -0.2) is 31.6 Å². The fraction of sp³-hybridized carbons (Fsp3) is 0.600. The molecule has 0 amide bonds. The number of piperidine rings is 1. The van der Waals surface area contributed by atoms with Gasteiger partial charge in [0.25, 0.3) is 0 Å². The van der Waals surface area contributed by atoms with E-state index >= 15 is 0 Å². The largest absolute Gasteiger partial charge is 0.391 e. The highest BCUT2D eigenvalue weighted by atomic mass is 15.1. The van der Waals surface area contributed by atoms with E-state index in [2.05, 4.69) is 61.5 Å². The molecule has 0 atom stereocenters. The van der Waals surface area contributed by atoms with Crippen LogP contribution in [0.2, 0.25) is 0 Å². The van der Waals surface area contributed by atoms with E-state index in [1.807, 2.05) is 7.05 Å². The van der Waals surface area contributed by atoms with Gasteiger partial charge in [-0.15, -0.1) is 0 Å². The molecule has 2 aliphatic rings. The van der Waals surface area contributed by atoms with Crippen molar-refractivity contribution in [1.82, 2.24) is 10.2 Å². The normalized spacial score (nSPS) is 19.7. The zero-order valence-corrected chi connectivity index (χ0v) is 17.8. The van der Waals surface area contributed by atoms with Crippen LogP contribution >= 0.6 is 0 Å². The van der Waals surface area contributed by atoms with E-state index in [-0.39, 0.29) is 5.41 Å². The number of rotatable bonds is 5. The zero-order valence-electron chi connectivity index (χ0n) is 17.8. The lowest BCUT2D eigenvalue weighted by Crippen LogP contribution is -2.41. The molecule has 1 saturated carbocycles. The smallest absolute Gasteiger partial charge is 0.0605 e. The van der Waals surface area contributed by atoms with Gasteiger partial charge >= 0.3 is 0 Å². The number of aryl methyl sites for hydroxylation is 2. The molecule has 3 rings (SSSR count). The van der Waals surface area contributed by atoms with E-state index in [4.69, 9.17) is 0 Å². The lowest BCUT2D eigenvalue weighted by atomic mass is 9.61. The number of likely N-dealkylation sites (tertiary alicyclic amines) is 1. The van der Waals surface area contributed by atoms with Gasteiger partial charge in [-0.1, -0.05) is 44.8 Å². The molecule has 2 nitrogen and oxygen atoms in total. The van der Waals surface area contributed by atoms with E-state index in [1.54, 1.807) is 0 Å². The van der Waals surface area contributed by atoms with Crippen LogP contribution < -0.4 is 5.32 Å². The van der Waals surface area contributed by atoms with Gasteiger partial charge in [-0.25, -0.2) is 0 Å². The second kappa shape index (κ2) is 8.53. The number of hydrogen-bond acceptors (Lipinski definition) is 2. The molecule has 0 bridgehead atoms. The van der Waals surface area contributed by atoms with Crippen molar-refractivity contribution < 1.29 is 0 Å². The highest BCUT2D eigenvalue weighted by Gasteiger charge is 2.42. The van der Waals surface area contributed by atoms with Crippen molar-refractivity contribution in [3.63, 3.8) is 0 Å². The van der Waals surface area contributed by atoms with Gasteiger partial charge in [0, 0.05) is 23.7 Å². The maximum atomic E-state index is 4.32. The first-order valence-corrected chi connectivity index (χ1v) is 10.7. The molecule has 1 heterocycles. The van der Waals surface area contributed by atoms with Crippen LogP contribution in [0.5, 0.6) is 0 Å². The molecule has 146 valence electrons. The summed E-state index contributed by atoms with van der Waals surface area (Å²) >= 11 is 0. The Morgan fingerprint density at radius 1 is 1.30 bits per heavy atom. The van der Waals surface area contributed by atoms with Gasteiger partial charge in [0.15, 0.2) is 0 Å². The summed E-state index contributed by atoms with van der Waals surface area (Å²) in [5, 5.41) is 3.33. The Labute approximate surface area is 166 Å². The molecule has 1 N–H and O–H groups in total. The van der Waals surface area contributed by atoms with Crippen LogP contribution in [0.1, 0.15) is 68.2 Å². The molecular weight excluding hydrogens is 328 g/mol. The van der Waals surface area contributed by atoms with E-state index in [0.29, 0.717) is 0 Å². The number of nitrogens with zero attached hydrogens (tertiary/aromatic N) is 1. The van der Waals surface area contributed by atoms with Crippen molar-refractivity contribution in [1.29, 1.82) is 0 Å². The molecule has 1 saturated heterocycles. The molecule has 1 aliphatic carbocycles. The summed E-state index contributed by atoms with van der Waals surface area (Å²) in [7, 11) is 2.00. The lowest BCUT2D eigenvalue weighted by Gasteiger charge is -2.45. The highest BCUT2D eigenvalue weighted by molar-refractivity contribution is 5.52. The SMILES string of the molecule is C=C(NC)C1(c2cc(CC)c(C#CCN3CCC(C)CC3)cc2C)CCC1. The quantitative estimate of drug-likeness (QED) is 0.755. The maximum Gasteiger partial charge on any atom is 0.0605 e. The van der Waals surface area contributed by atoms with Crippen molar-refractivity contribution in [2.45, 2.75) is 64.7 Å². The molecule has 0 radical (unpaired) electrons. The molecule has 0 spiro atoms. The minimum atomic E-state index is 0.124. The number of hydrogen-bond donors (Lipinski definition) is 1. The molecule has 2 heteroatoms. The third kappa shape index (κ3) is 4.09. The Morgan fingerprint density at radius 2 is 2.00 bits per heavy atom.